The maximum Gasteiger partial charge on any atom is 0.299 e. The van der Waals surface area contributed by atoms with Gasteiger partial charge in [-0.3, -0.25) is 0 Å². The van der Waals surface area contributed by atoms with Crippen LogP contribution in [0.2, 0.25) is 0 Å². The van der Waals surface area contributed by atoms with Crippen molar-refractivity contribution >= 4 is 22.9 Å². The summed E-state index contributed by atoms with van der Waals surface area (Å²) < 4.78 is 10.6. The SMILES string of the molecule is CCN(C)CCc1cc(C)c(Oc2nc(-c3cnc(C(C)(C)C)s3)ns2)cc1C. The maximum absolute atomic E-state index is 6.09. The summed E-state index contributed by atoms with van der Waals surface area (Å²) in [5.41, 5.74) is 3.76. The molecule has 0 bridgehead atoms. The van der Waals surface area contributed by atoms with Crippen LogP contribution in [0, 0.1) is 13.8 Å². The molecule has 3 aromatic rings. The minimum absolute atomic E-state index is 0.0284. The van der Waals surface area contributed by atoms with Crippen molar-refractivity contribution in [3.63, 3.8) is 0 Å². The van der Waals surface area contributed by atoms with Crippen LogP contribution in [0.3, 0.4) is 0 Å². The molecule has 3 rings (SSSR count). The third-order valence-electron chi connectivity index (χ3n) is 4.91. The van der Waals surface area contributed by atoms with Gasteiger partial charge in [-0.2, -0.15) is 9.36 Å². The number of aromatic nitrogens is 3. The van der Waals surface area contributed by atoms with Crippen LogP contribution in [-0.4, -0.2) is 39.4 Å². The highest BCUT2D eigenvalue weighted by atomic mass is 32.1. The molecule has 7 heteroatoms. The molecule has 0 fully saturated rings. The smallest absolute Gasteiger partial charge is 0.299 e. The molecule has 0 saturated heterocycles. The first-order valence-electron chi connectivity index (χ1n) is 9.94. The van der Waals surface area contributed by atoms with Crippen molar-refractivity contribution in [3.8, 4) is 21.6 Å². The predicted octanol–water partition coefficient (Wildman–Crippen LogP) is 5.86. The van der Waals surface area contributed by atoms with Crippen molar-refractivity contribution in [2.24, 2.45) is 0 Å². The van der Waals surface area contributed by atoms with Crippen LogP contribution in [0.15, 0.2) is 18.3 Å². The second-order valence-corrected chi connectivity index (χ2v) is 10.2. The van der Waals surface area contributed by atoms with E-state index in [0.29, 0.717) is 11.0 Å². The van der Waals surface area contributed by atoms with Gasteiger partial charge in [0.1, 0.15) is 5.75 Å². The van der Waals surface area contributed by atoms with E-state index in [1.165, 1.54) is 22.7 Å². The Morgan fingerprint density at radius 1 is 1.14 bits per heavy atom. The normalized spacial score (nSPS) is 12.0. The Hall–Kier alpha value is -1.83. The minimum Gasteiger partial charge on any atom is -0.430 e. The molecule has 5 nitrogen and oxygen atoms in total. The zero-order valence-corrected chi connectivity index (χ0v) is 20.0. The van der Waals surface area contributed by atoms with Gasteiger partial charge in [0.2, 0.25) is 0 Å². The van der Waals surface area contributed by atoms with E-state index in [-0.39, 0.29) is 5.41 Å². The summed E-state index contributed by atoms with van der Waals surface area (Å²) in [5, 5.41) is 1.65. The number of hydrogen-bond donors (Lipinski definition) is 0. The van der Waals surface area contributed by atoms with E-state index in [1.54, 1.807) is 11.3 Å². The largest absolute Gasteiger partial charge is 0.430 e. The first-order valence-corrected chi connectivity index (χ1v) is 11.5. The van der Waals surface area contributed by atoms with Gasteiger partial charge >= 0.3 is 0 Å². The van der Waals surface area contributed by atoms with Crippen molar-refractivity contribution in [1.29, 1.82) is 0 Å². The van der Waals surface area contributed by atoms with Gasteiger partial charge in [0, 0.05) is 29.7 Å². The fraction of sp³-hybridized carbons (Fsp3) is 0.500. The molecular formula is C22H30N4OS2. The second kappa shape index (κ2) is 8.90. The Morgan fingerprint density at radius 3 is 2.55 bits per heavy atom. The van der Waals surface area contributed by atoms with Gasteiger partial charge in [0.15, 0.2) is 5.82 Å². The van der Waals surface area contributed by atoms with E-state index in [1.807, 2.05) is 6.20 Å². The average molecular weight is 431 g/mol. The summed E-state index contributed by atoms with van der Waals surface area (Å²) in [6.07, 6.45) is 2.90. The third kappa shape index (κ3) is 5.41. The number of hydrogen-bond acceptors (Lipinski definition) is 7. The Labute approximate surface area is 182 Å². The molecule has 0 spiro atoms. The van der Waals surface area contributed by atoms with Crippen molar-refractivity contribution in [1.82, 2.24) is 19.2 Å². The van der Waals surface area contributed by atoms with Gasteiger partial charge in [0.05, 0.1) is 9.88 Å². The summed E-state index contributed by atoms with van der Waals surface area (Å²) in [5.74, 6) is 1.53. The molecule has 0 N–H and O–H groups in total. The van der Waals surface area contributed by atoms with Crippen molar-refractivity contribution in [2.45, 2.75) is 53.4 Å². The summed E-state index contributed by atoms with van der Waals surface area (Å²) in [4.78, 5) is 12.4. The van der Waals surface area contributed by atoms with Crippen LogP contribution in [-0.2, 0) is 11.8 Å². The molecule has 1 aromatic carbocycles. The number of benzene rings is 1. The van der Waals surface area contributed by atoms with E-state index < -0.39 is 0 Å². The van der Waals surface area contributed by atoms with Gasteiger partial charge < -0.3 is 9.64 Å². The lowest BCUT2D eigenvalue weighted by Crippen LogP contribution is -2.20. The quantitative estimate of drug-likeness (QED) is 0.470. The molecule has 0 aliphatic heterocycles. The second-order valence-electron chi connectivity index (χ2n) is 8.46. The lowest BCUT2D eigenvalue weighted by molar-refractivity contribution is 0.357. The van der Waals surface area contributed by atoms with E-state index in [9.17, 15) is 0 Å². The highest BCUT2D eigenvalue weighted by Gasteiger charge is 2.20. The van der Waals surface area contributed by atoms with Crippen LogP contribution in [0.1, 0.15) is 49.4 Å². The molecule has 0 amide bonds. The number of likely N-dealkylation sites (N-methyl/N-ethyl adjacent to an activating group) is 1. The minimum atomic E-state index is 0.0284. The van der Waals surface area contributed by atoms with Gasteiger partial charge in [0.25, 0.3) is 5.19 Å². The van der Waals surface area contributed by atoms with Crippen LogP contribution in [0.5, 0.6) is 10.9 Å². The van der Waals surface area contributed by atoms with E-state index in [2.05, 4.69) is 80.0 Å². The highest BCUT2D eigenvalue weighted by Crippen LogP contribution is 2.35. The molecule has 2 heterocycles. The van der Waals surface area contributed by atoms with E-state index in [4.69, 9.17) is 4.74 Å². The summed E-state index contributed by atoms with van der Waals surface area (Å²) >= 11 is 2.92. The molecule has 156 valence electrons. The topological polar surface area (TPSA) is 51.1 Å². The molecule has 0 unspecified atom stereocenters. The Balaban J connectivity index is 1.74. The van der Waals surface area contributed by atoms with Crippen LogP contribution in [0.25, 0.3) is 10.7 Å². The number of thiazole rings is 1. The Bertz CT molecular complexity index is 972. The van der Waals surface area contributed by atoms with Crippen molar-refractivity contribution < 1.29 is 4.74 Å². The van der Waals surface area contributed by atoms with E-state index in [0.717, 1.165) is 40.7 Å². The average Bonchev–Trinajstić information content (AvgIpc) is 3.32. The molecule has 0 atom stereocenters. The molecule has 2 aromatic heterocycles. The first kappa shape index (κ1) is 21.9. The molecule has 0 radical (unpaired) electrons. The van der Waals surface area contributed by atoms with Gasteiger partial charge in [-0.1, -0.05) is 33.8 Å². The van der Waals surface area contributed by atoms with Crippen molar-refractivity contribution in [2.75, 3.05) is 20.1 Å². The summed E-state index contributed by atoms with van der Waals surface area (Å²) in [6.45, 7) is 15.0. The van der Waals surface area contributed by atoms with Crippen molar-refractivity contribution in [3.05, 3.63) is 40.0 Å². The molecule has 0 saturated carbocycles. The number of ether oxygens (including phenoxy) is 1. The monoisotopic (exact) mass is 430 g/mol. The van der Waals surface area contributed by atoms with Gasteiger partial charge in [-0.25, -0.2) is 4.98 Å². The molecule has 0 aliphatic rings. The number of rotatable bonds is 7. The van der Waals surface area contributed by atoms with Crippen LogP contribution in [0.4, 0.5) is 0 Å². The van der Waals surface area contributed by atoms with Crippen LogP contribution < -0.4 is 4.74 Å². The first-order chi connectivity index (χ1) is 13.7. The molecule has 29 heavy (non-hydrogen) atoms. The number of nitrogens with zero attached hydrogens (tertiary/aromatic N) is 4. The molecular weight excluding hydrogens is 400 g/mol. The predicted molar refractivity (Wildman–Crippen MR) is 123 cm³/mol. The zero-order chi connectivity index (χ0) is 21.2. The lowest BCUT2D eigenvalue weighted by Gasteiger charge is -2.16. The summed E-state index contributed by atoms with van der Waals surface area (Å²) in [6, 6.07) is 4.34. The summed E-state index contributed by atoms with van der Waals surface area (Å²) in [7, 11) is 2.15. The maximum atomic E-state index is 6.09. The zero-order valence-electron chi connectivity index (χ0n) is 18.4. The highest BCUT2D eigenvalue weighted by molar-refractivity contribution is 7.15. The molecule has 0 aliphatic carbocycles. The van der Waals surface area contributed by atoms with Gasteiger partial charge in [-0.05, 0) is 56.6 Å². The number of aryl methyl sites for hydroxylation is 2. The fourth-order valence-electron chi connectivity index (χ4n) is 2.87. The Kier molecular flexibility index (Phi) is 6.71. The van der Waals surface area contributed by atoms with Crippen LogP contribution >= 0.6 is 22.9 Å². The lowest BCUT2D eigenvalue weighted by atomic mass is 9.98. The fourth-order valence-corrected chi connectivity index (χ4v) is 4.39. The van der Waals surface area contributed by atoms with E-state index >= 15 is 0 Å². The standard InChI is InChI=1S/C22H30N4OS2/c1-8-26(7)10-9-16-11-15(3)17(12-14(16)2)27-21-24-19(25-29-21)18-13-23-20(28-18)22(4,5)6/h11-13H,8-10H2,1-7H3. The third-order valence-corrected chi connectivity index (χ3v) is 6.92. The Morgan fingerprint density at radius 2 is 1.90 bits per heavy atom. The van der Waals surface area contributed by atoms with Gasteiger partial charge in [-0.15, -0.1) is 11.3 Å².